The highest BCUT2D eigenvalue weighted by atomic mass is 32.1. The molecule has 2 aromatic rings. The highest BCUT2D eigenvalue weighted by Crippen LogP contribution is 2.35. The third-order valence-electron chi connectivity index (χ3n) is 3.75. The Bertz CT molecular complexity index is 752. The summed E-state index contributed by atoms with van der Waals surface area (Å²) in [5, 5.41) is 20.2. The zero-order chi connectivity index (χ0) is 15.0. The first kappa shape index (κ1) is 13.8. The standard InChI is InChI=1S/C14H15N5OS/c1-8-11(6-17-19(8)2)13(20)18-14-10(5-15)9-3-4-16-7-12(9)21-14/h6,16H,3-4,7H2,1-2H3,(H,18,20). The summed E-state index contributed by atoms with van der Waals surface area (Å²) in [4.78, 5) is 13.5. The number of carbonyl (C=O) groups is 1. The lowest BCUT2D eigenvalue weighted by molar-refractivity contribution is 0.102. The number of hydrogen-bond donors (Lipinski definition) is 2. The SMILES string of the molecule is Cc1c(C(=O)Nc2sc3c(c2C#N)CCNC3)cnn1C. The van der Waals surface area contributed by atoms with Gasteiger partial charge in [0, 0.05) is 24.2 Å². The Labute approximate surface area is 126 Å². The van der Waals surface area contributed by atoms with Crippen molar-refractivity contribution in [3.05, 3.63) is 33.5 Å². The predicted molar refractivity (Wildman–Crippen MR) is 80.3 cm³/mol. The molecule has 3 rings (SSSR count). The minimum absolute atomic E-state index is 0.219. The van der Waals surface area contributed by atoms with E-state index in [9.17, 15) is 10.1 Å². The first-order valence-electron chi connectivity index (χ1n) is 6.67. The second kappa shape index (κ2) is 5.31. The molecule has 3 heterocycles. The maximum Gasteiger partial charge on any atom is 0.259 e. The normalized spacial score (nSPS) is 13.6. The summed E-state index contributed by atoms with van der Waals surface area (Å²) in [6, 6.07) is 2.23. The number of hydrogen-bond acceptors (Lipinski definition) is 5. The summed E-state index contributed by atoms with van der Waals surface area (Å²) >= 11 is 1.48. The smallest absolute Gasteiger partial charge is 0.259 e. The fourth-order valence-corrected chi connectivity index (χ4v) is 3.60. The average molecular weight is 301 g/mol. The average Bonchev–Trinajstić information content (AvgIpc) is 2.99. The van der Waals surface area contributed by atoms with Crippen molar-refractivity contribution in [2.45, 2.75) is 19.9 Å². The molecule has 21 heavy (non-hydrogen) atoms. The Hall–Kier alpha value is -2.17. The first-order valence-corrected chi connectivity index (χ1v) is 7.48. The van der Waals surface area contributed by atoms with E-state index in [4.69, 9.17) is 0 Å². The van der Waals surface area contributed by atoms with Crippen molar-refractivity contribution in [2.75, 3.05) is 11.9 Å². The molecule has 0 saturated heterocycles. The highest BCUT2D eigenvalue weighted by molar-refractivity contribution is 7.16. The fraction of sp³-hybridized carbons (Fsp3) is 0.357. The van der Waals surface area contributed by atoms with E-state index in [0.29, 0.717) is 16.1 Å². The number of nitriles is 1. The van der Waals surface area contributed by atoms with Gasteiger partial charge in [-0.3, -0.25) is 9.48 Å². The van der Waals surface area contributed by atoms with E-state index in [2.05, 4.69) is 21.8 Å². The van der Waals surface area contributed by atoms with E-state index in [1.807, 2.05) is 6.92 Å². The van der Waals surface area contributed by atoms with Crippen LogP contribution in [0, 0.1) is 18.3 Å². The zero-order valence-electron chi connectivity index (χ0n) is 11.9. The van der Waals surface area contributed by atoms with E-state index in [-0.39, 0.29) is 5.91 Å². The van der Waals surface area contributed by atoms with Gasteiger partial charge in [-0.25, -0.2) is 0 Å². The molecule has 2 aromatic heterocycles. The van der Waals surface area contributed by atoms with Crippen molar-refractivity contribution >= 4 is 22.2 Å². The summed E-state index contributed by atoms with van der Waals surface area (Å²) in [6.07, 6.45) is 2.38. The van der Waals surface area contributed by atoms with E-state index >= 15 is 0 Å². The lowest BCUT2D eigenvalue weighted by atomic mass is 10.1. The Morgan fingerprint density at radius 2 is 2.43 bits per heavy atom. The highest BCUT2D eigenvalue weighted by Gasteiger charge is 2.22. The molecule has 108 valence electrons. The molecule has 0 aromatic carbocycles. The largest absolute Gasteiger partial charge is 0.312 e. The molecule has 0 unspecified atom stereocenters. The van der Waals surface area contributed by atoms with Crippen molar-refractivity contribution in [2.24, 2.45) is 7.05 Å². The maximum absolute atomic E-state index is 12.3. The quantitative estimate of drug-likeness (QED) is 0.882. The number of aromatic nitrogens is 2. The number of thiophene rings is 1. The number of nitrogens with zero attached hydrogens (tertiary/aromatic N) is 3. The molecule has 7 heteroatoms. The monoisotopic (exact) mass is 301 g/mol. The summed E-state index contributed by atoms with van der Waals surface area (Å²) in [7, 11) is 1.79. The fourth-order valence-electron chi connectivity index (χ4n) is 2.43. The van der Waals surface area contributed by atoms with Gasteiger partial charge in [-0.15, -0.1) is 11.3 Å². The van der Waals surface area contributed by atoms with Crippen molar-refractivity contribution in [1.82, 2.24) is 15.1 Å². The number of anilines is 1. The molecule has 0 radical (unpaired) electrons. The molecule has 2 N–H and O–H groups in total. The number of amides is 1. The third kappa shape index (κ3) is 2.33. The Balaban J connectivity index is 1.92. The molecule has 1 amide bonds. The molecule has 1 aliphatic heterocycles. The van der Waals surface area contributed by atoms with Crippen LogP contribution in [0.15, 0.2) is 6.20 Å². The van der Waals surface area contributed by atoms with E-state index in [0.717, 1.165) is 35.6 Å². The molecule has 0 fully saturated rings. The van der Waals surface area contributed by atoms with Crippen LogP contribution in [0.2, 0.25) is 0 Å². The number of fused-ring (bicyclic) bond motifs is 1. The van der Waals surface area contributed by atoms with Crippen molar-refractivity contribution in [3.8, 4) is 6.07 Å². The van der Waals surface area contributed by atoms with Gasteiger partial charge in [-0.1, -0.05) is 0 Å². The number of carbonyl (C=O) groups excluding carboxylic acids is 1. The van der Waals surface area contributed by atoms with Crippen LogP contribution in [0.5, 0.6) is 0 Å². The molecule has 0 saturated carbocycles. The van der Waals surface area contributed by atoms with E-state index in [1.54, 1.807) is 17.9 Å². The van der Waals surface area contributed by atoms with Gasteiger partial charge in [0.2, 0.25) is 0 Å². The van der Waals surface area contributed by atoms with E-state index < -0.39 is 0 Å². The summed E-state index contributed by atoms with van der Waals surface area (Å²) < 4.78 is 1.66. The van der Waals surface area contributed by atoms with Gasteiger partial charge in [0.25, 0.3) is 5.91 Å². The Kier molecular flexibility index (Phi) is 3.49. The second-order valence-corrected chi connectivity index (χ2v) is 6.07. The minimum Gasteiger partial charge on any atom is -0.312 e. The van der Waals surface area contributed by atoms with Crippen LogP contribution in [-0.4, -0.2) is 22.2 Å². The van der Waals surface area contributed by atoms with Gasteiger partial charge in [-0.05, 0) is 25.5 Å². The van der Waals surface area contributed by atoms with Crippen molar-refractivity contribution < 1.29 is 4.79 Å². The molecule has 0 atom stereocenters. The van der Waals surface area contributed by atoms with Crippen LogP contribution < -0.4 is 10.6 Å². The van der Waals surface area contributed by atoms with Crippen LogP contribution in [0.4, 0.5) is 5.00 Å². The Morgan fingerprint density at radius 1 is 1.62 bits per heavy atom. The molecule has 0 bridgehead atoms. The second-order valence-electron chi connectivity index (χ2n) is 4.97. The maximum atomic E-state index is 12.3. The lowest BCUT2D eigenvalue weighted by Gasteiger charge is -2.11. The van der Waals surface area contributed by atoms with Crippen LogP contribution in [0.3, 0.4) is 0 Å². The molecule has 0 aliphatic carbocycles. The molecular weight excluding hydrogens is 286 g/mol. The van der Waals surface area contributed by atoms with Gasteiger partial charge in [0.15, 0.2) is 0 Å². The van der Waals surface area contributed by atoms with Gasteiger partial charge >= 0.3 is 0 Å². The topological polar surface area (TPSA) is 82.7 Å². The number of rotatable bonds is 2. The van der Waals surface area contributed by atoms with Crippen LogP contribution in [0.1, 0.15) is 32.1 Å². The summed E-state index contributed by atoms with van der Waals surface area (Å²) in [6.45, 7) is 3.47. The van der Waals surface area contributed by atoms with E-state index in [1.165, 1.54) is 11.3 Å². The third-order valence-corrected chi connectivity index (χ3v) is 4.89. The Morgan fingerprint density at radius 3 is 3.10 bits per heavy atom. The lowest BCUT2D eigenvalue weighted by Crippen LogP contribution is -2.22. The summed E-state index contributed by atoms with van der Waals surface area (Å²) in [5.74, 6) is -0.219. The van der Waals surface area contributed by atoms with Gasteiger partial charge < -0.3 is 10.6 Å². The molecular formula is C14H15N5OS. The molecule has 0 spiro atoms. The van der Waals surface area contributed by atoms with Gasteiger partial charge in [0.05, 0.1) is 17.3 Å². The van der Waals surface area contributed by atoms with Crippen LogP contribution >= 0.6 is 11.3 Å². The van der Waals surface area contributed by atoms with Gasteiger partial charge in [-0.2, -0.15) is 10.4 Å². The minimum atomic E-state index is -0.219. The number of nitrogens with one attached hydrogen (secondary N) is 2. The van der Waals surface area contributed by atoms with Crippen LogP contribution in [-0.2, 0) is 20.0 Å². The van der Waals surface area contributed by atoms with Crippen LogP contribution in [0.25, 0.3) is 0 Å². The van der Waals surface area contributed by atoms with Gasteiger partial charge in [0.1, 0.15) is 11.1 Å². The van der Waals surface area contributed by atoms with Crippen molar-refractivity contribution in [1.29, 1.82) is 5.26 Å². The number of aryl methyl sites for hydroxylation is 1. The zero-order valence-corrected chi connectivity index (χ0v) is 12.7. The molecule has 6 nitrogen and oxygen atoms in total. The summed E-state index contributed by atoms with van der Waals surface area (Å²) in [5.41, 5.74) is 3.01. The predicted octanol–water partition coefficient (Wildman–Crippen LogP) is 1.56. The van der Waals surface area contributed by atoms with Crippen molar-refractivity contribution in [3.63, 3.8) is 0 Å². The first-order chi connectivity index (χ1) is 10.1. The molecule has 1 aliphatic rings.